The van der Waals surface area contributed by atoms with E-state index in [1.54, 1.807) is 11.9 Å². The van der Waals surface area contributed by atoms with Gasteiger partial charge in [0, 0.05) is 51.5 Å². The summed E-state index contributed by atoms with van der Waals surface area (Å²) in [6.07, 6.45) is 4.48. The summed E-state index contributed by atoms with van der Waals surface area (Å²) in [5.74, 6) is 1.89. The Bertz CT molecular complexity index is 736. The number of hydrogen-bond acceptors (Lipinski definition) is 5. The topological polar surface area (TPSA) is 82.1 Å². The van der Waals surface area contributed by atoms with Crippen LogP contribution in [0.1, 0.15) is 59.4 Å². The van der Waals surface area contributed by atoms with Gasteiger partial charge in [-0.15, -0.1) is 0 Å². The van der Waals surface area contributed by atoms with Crippen molar-refractivity contribution in [1.82, 2.24) is 20.5 Å². The molecule has 1 aliphatic heterocycles. The summed E-state index contributed by atoms with van der Waals surface area (Å²) in [4.78, 5) is 25.5. The van der Waals surface area contributed by atoms with Gasteiger partial charge >= 0.3 is 6.09 Å². The standard InChI is InChI=1S/C24H42N6O2/c1-8-25-22(26-14-11-19(3)29(7)23(31)32-24(4,5)6)28-20-12-15-30(16-13-20)21-10-9-18(2)17-27-21/h9-10,17,19-20H,8,11-16H2,1-7H3,(H2,25,26,28). The van der Waals surface area contributed by atoms with Gasteiger partial charge in [0.15, 0.2) is 5.96 Å². The van der Waals surface area contributed by atoms with Gasteiger partial charge in [-0.05, 0) is 72.4 Å². The Hall–Kier alpha value is -2.51. The maximum atomic E-state index is 12.2. The molecule has 8 nitrogen and oxygen atoms in total. The molecule has 1 atom stereocenters. The van der Waals surface area contributed by atoms with Gasteiger partial charge in [0.05, 0.1) is 0 Å². The Morgan fingerprint density at radius 3 is 2.59 bits per heavy atom. The van der Waals surface area contributed by atoms with Gasteiger partial charge in [0.1, 0.15) is 11.4 Å². The molecule has 1 aromatic rings. The number of rotatable bonds is 7. The van der Waals surface area contributed by atoms with Crippen molar-refractivity contribution in [2.24, 2.45) is 4.99 Å². The summed E-state index contributed by atoms with van der Waals surface area (Å²) in [5.41, 5.74) is 0.694. The molecule has 0 aliphatic carbocycles. The maximum absolute atomic E-state index is 12.2. The lowest BCUT2D eigenvalue weighted by atomic mass is 10.1. The van der Waals surface area contributed by atoms with Crippen LogP contribution in [-0.2, 0) is 4.74 Å². The van der Waals surface area contributed by atoms with Crippen molar-refractivity contribution >= 4 is 17.9 Å². The van der Waals surface area contributed by atoms with E-state index in [-0.39, 0.29) is 12.1 Å². The van der Waals surface area contributed by atoms with Crippen molar-refractivity contribution in [3.63, 3.8) is 0 Å². The van der Waals surface area contributed by atoms with Gasteiger partial charge in [-0.2, -0.15) is 0 Å². The largest absolute Gasteiger partial charge is 0.444 e. The maximum Gasteiger partial charge on any atom is 0.410 e. The first-order valence-electron chi connectivity index (χ1n) is 11.8. The molecule has 180 valence electrons. The number of aliphatic imine (C=N–C) groups is 1. The summed E-state index contributed by atoms with van der Waals surface area (Å²) >= 11 is 0. The SMILES string of the molecule is CCNC(=NCCC(C)N(C)C(=O)OC(C)(C)C)NC1CCN(c2ccc(C)cn2)CC1. The van der Waals surface area contributed by atoms with Crippen LogP contribution in [0.3, 0.4) is 0 Å². The van der Waals surface area contributed by atoms with E-state index in [9.17, 15) is 4.79 Å². The number of pyridine rings is 1. The summed E-state index contributed by atoms with van der Waals surface area (Å²) in [6.45, 7) is 15.2. The van der Waals surface area contributed by atoms with Crippen molar-refractivity contribution in [2.45, 2.75) is 78.5 Å². The molecule has 2 heterocycles. The van der Waals surface area contributed by atoms with Gasteiger partial charge in [0.2, 0.25) is 0 Å². The number of hydrogen-bond donors (Lipinski definition) is 2. The van der Waals surface area contributed by atoms with Crippen molar-refractivity contribution in [3.8, 4) is 0 Å². The van der Waals surface area contributed by atoms with Crippen molar-refractivity contribution in [2.75, 3.05) is 38.1 Å². The molecule has 1 amide bonds. The average Bonchev–Trinajstić information content (AvgIpc) is 2.73. The highest BCUT2D eigenvalue weighted by atomic mass is 16.6. The smallest absolute Gasteiger partial charge is 0.410 e. The van der Waals surface area contributed by atoms with Crippen LogP contribution >= 0.6 is 0 Å². The third kappa shape index (κ3) is 8.55. The minimum atomic E-state index is -0.490. The van der Waals surface area contributed by atoms with E-state index in [4.69, 9.17) is 9.73 Å². The van der Waals surface area contributed by atoms with E-state index >= 15 is 0 Å². The van der Waals surface area contributed by atoms with Gasteiger partial charge in [-0.3, -0.25) is 4.99 Å². The molecule has 2 N–H and O–H groups in total. The van der Waals surface area contributed by atoms with E-state index in [2.05, 4.69) is 46.5 Å². The third-order valence-corrected chi connectivity index (χ3v) is 5.56. The fraction of sp³-hybridized carbons (Fsp3) is 0.708. The van der Waals surface area contributed by atoms with Crippen LogP contribution in [0.15, 0.2) is 23.3 Å². The van der Waals surface area contributed by atoms with Crippen molar-refractivity contribution < 1.29 is 9.53 Å². The number of aryl methyl sites for hydroxylation is 1. The quantitative estimate of drug-likeness (QED) is 0.492. The molecule has 1 aliphatic rings. The highest BCUT2D eigenvalue weighted by Gasteiger charge is 2.23. The lowest BCUT2D eigenvalue weighted by Gasteiger charge is -2.34. The number of nitrogens with zero attached hydrogens (tertiary/aromatic N) is 4. The Balaban J connectivity index is 1.81. The second-order valence-corrected chi connectivity index (χ2v) is 9.59. The Morgan fingerprint density at radius 2 is 2.03 bits per heavy atom. The lowest BCUT2D eigenvalue weighted by molar-refractivity contribution is 0.0231. The van der Waals surface area contributed by atoms with E-state index in [0.717, 1.165) is 50.7 Å². The normalized spacial score (nSPS) is 16.5. The highest BCUT2D eigenvalue weighted by molar-refractivity contribution is 5.80. The zero-order valence-electron chi connectivity index (χ0n) is 20.9. The molecular formula is C24H42N6O2. The summed E-state index contributed by atoms with van der Waals surface area (Å²) in [6, 6.07) is 4.64. The molecule has 1 unspecified atom stereocenters. The number of ether oxygens (including phenoxy) is 1. The van der Waals surface area contributed by atoms with Crippen LogP contribution in [0, 0.1) is 6.92 Å². The summed E-state index contributed by atoms with van der Waals surface area (Å²) in [5, 5.41) is 6.92. The second kappa shape index (κ2) is 11.9. The van der Waals surface area contributed by atoms with Gasteiger partial charge in [-0.1, -0.05) is 6.07 Å². The molecular weight excluding hydrogens is 404 g/mol. The molecule has 1 saturated heterocycles. The average molecular weight is 447 g/mol. The Labute approximate surface area is 193 Å². The number of carbonyl (C=O) groups excluding carboxylic acids is 1. The number of anilines is 1. The number of guanidine groups is 1. The number of carbonyl (C=O) groups is 1. The monoisotopic (exact) mass is 446 g/mol. The minimum Gasteiger partial charge on any atom is -0.444 e. The number of amides is 1. The molecule has 0 saturated carbocycles. The van der Waals surface area contributed by atoms with E-state index in [1.807, 2.05) is 33.9 Å². The first-order valence-corrected chi connectivity index (χ1v) is 11.8. The van der Waals surface area contributed by atoms with Crippen LogP contribution in [0.2, 0.25) is 0 Å². The molecule has 0 bridgehead atoms. The fourth-order valence-corrected chi connectivity index (χ4v) is 3.48. The zero-order chi connectivity index (χ0) is 23.7. The highest BCUT2D eigenvalue weighted by Crippen LogP contribution is 2.18. The summed E-state index contributed by atoms with van der Waals surface area (Å²) in [7, 11) is 1.78. The van der Waals surface area contributed by atoms with Crippen LogP contribution in [0.25, 0.3) is 0 Å². The van der Waals surface area contributed by atoms with Crippen molar-refractivity contribution in [1.29, 1.82) is 0 Å². The molecule has 32 heavy (non-hydrogen) atoms. The Morgan fingerprint density at radius 1 is 1.34 bits per heavy atom. The first-order chi connectivity index (χ1) is 15.1. The molecule has 1 fully saturated rings. The first kappa shape index (κ1) is 25.7. The molecule has 0 radical (unpaired) electrons. The predicted molar refractivity (Wildman–Crippen MR) is 131 cm³/mol. The molecule has 1 aromatic heterocycles. The zero-order valence-corrected chi connectivity index (χ0v) is 20.9. The molecule has 8 heteroatoms. The molecule has 2 rings (SSSR count). The summed E-state index contributed by atoms with van der Waals surface area (Å²) < 4.78 is 5.45. The van der Waals surface area contributed by atoms with Gasteiger partial charge in [0.25, 0.3) is 0 Å². The third-order valence-electron chi connectivity index (χ3n) is 5.56. The van der Waals surface area contributed by atoms with Crippen LogP contribution in [-0.4, -0.2) is 72.8 Å². The van der Waals surface area contributed by atoms with Crippen LogP contribution in [0.4, 0.5) is 10.6 Å². The predicted octanol–water partition coefficient (Wildman–Crippen LogP) is 3.56. The van der Waals surface area contributed by atoms with E-state index in [0.29, 0.717) is 12.6 Å². The number of piperidine rings is 1. The van der Waals surface area contributed by atoms with Crippen molar-refractivity contribution in [3.05, 3.63) is 23.9 Å². The van der Waals surface area contributed by atoms with Gasteiger partial charge in [-0.25, -0.2) is 9.78 Å². The molecule has 0 spiro atoms. The van der Waals surface area contributed by atoms with Crippen LogP contribution < -0.4 is 15.5 Å². The van der Waals surface area contributed by atoms with E-state index in [1.165, 1.54) is 5.56 Å². The second-order valence-electron chi connectivity index (χ2n) is 9.59. The van der Waals surface area contributed by atoms with Gasteiger partial charge < -0.3 is 25.2 Å². The minimum absolute atomic E-state index is 0.0433. The van der Waals surface area contributed by atoms with Crippen LogP contribution in [0.5, 0.6) is 0 Å². The Kier molecular flexibility index (Phi) is 9.60. The number of nitrogens with one attached hydrogen (secondary N) is 2. The fourth-order valence-electron chi connectivity index (χ4n) is 3.48. The number of aromatic nitrogens is 1. The van der Waals surface area contributed by atoms with E-state index < -0.39 is 5.60 Å². The molecule has 0 aromatic carbocycles. The lowest BCUT2D eigenvalue weighted by Crippen LogP contribution is -2.49.